The molecule has 0 aliphatic carbocycles. The lowest BCUT2D eigenvalue weighted by Gasteiger charge is -2.05. The van der Waals surface area contributed by atoms with E-state index in [2.05, 4.69) is 0 Å². The van der Waals surface area contributed by atoms with Crippen LogP contribution in [0.3, 0.4) is 0 Å². The summed E-state index contributed by atoms with van der Waals surface area (Å²) < 4.78 is 5.30. The Balaban J connectivity index is 2.93. The van der Waals surface area contributed by atoms with Gasteiger partial charge in [0.2, 0.25) is 0 Å². The predicted molar refractivity (Wildman–Crippen MR) is 57.7 cm³/mol. The summed E-state index contributed by atoms with van der Waals surface area (Å²) in [5, 5.41) is 0.579. The van der Waals surface area contributed by atoms with Gasteiger partial charge in [-0.2, -0.15) is 0 Å². The first-order valence-corrected chi connectivity index (χ1v) is 4.70. The number of allylic oxidation sites excluding steroid dienone is 1. The molecule has 0 aliphatic rings. The maximum absolute atomic E-state index is 10.1. The van der Waals surface area contributed by atoms with Gasteiger partial charge in [-0.3, -0.25) is 4.79 Å². The molecule has 1 aromatic carbocycles. The van der Waals surface area contributed by atoms with Gasteiger partial charge < -0.3 is 4.74 Å². The van der Waals surface area contributed by atoms with Crippen molar-refractivity contribution < 1.29 is 9.53 Å². The second-order valence-electron chi connectivity index (χ2n) is 2.62. The van der Waals surface area contributed by atoms with Gasteiger partial charge in [0.1, 0.15) is 12.0 Å². The van der Waals surface area contributed by atoms with Crippen LogP contribution in [0.1, 0.15) is 12.5 Å². The highest BCUT2D eigenvalue weighted by atomic mass is 35.5. The Morgan fingerprint density at radius 1 is 1.50 bits per heavy atom. The predicted octanol–water partition coefficient (Wildman–Crippen LogP) is 2.95. The molecule has 0 amide bonds. The van der Waals surface area contributed by atoms with Crippen LogP contribution in [0, 0.1) is 0 Å². The van der Waals surface area contributed by atoms with E-state index in [1.165, 1.54) is 6.08 Å². The number of rotatable bonds is 4. The summed E-state index contributed by atoms with van der Waals surface area (Å²) >= 11 is 5.89. The lowest BCUT2D eigenvalue weighted by Crippen LogP contribution is -1.92. The fraction of sp³-hybridized carbons (Fsp3) is 0.182. The Labute approximate surface area is 88.1 Å². The average Bonchev–Trinajstić information content (AvgIpc) is 2.19. The Bertz CT molecular complexity index is 345. The third kappa shape index (κ3) is 2.89. The van der Waals surface area contributed by atoms with Crippen LogP contribution in [0.4, 0.5) is 0 Å². The van der Waals surface area contributed by atoms with E-state index in [0.717, 1.165) is 11.8 Å². The minimum absolute atomic E-state index is 0.570. The quantitative estimate of drug-likeness (QED) is 0.564. The number of ether oxygens (including phenoxy) is 1. The molecule has 2 nitrogen and oxygen atoms in total. The van der Waals surface area contributed by atoms with E-state index in [4.69, 9.17) is 16.3 Å². The molecule has 74 valence electrons. The van der Waals surface area contributed by atoms with Crippen LogP contribution in [0.2, 0.25) is 5.02 Å². The molecule has 14 heavy (non-hydrogen) atoms. The standard InChI is InChI=1S/C11H11ClO2/c1-2-14-11-8-9(4-3-7-13)5-6-10(11)12/h3-8H,2H2,1H3/b4-3+. The van der Waals surface area contributed by atoms with E-state index >= 15 is 0 Å². The van der Waals surface area contributed by atoms with E-state index in [1.807, 2.05) is 13.0 Å². The Morgan fingerprint density at radius 2 is 2.29 bits per heavy atom. The number of benzene rings is 1. The van der Waals surface area contributed by atoms with Crippen molar-refractivity contribution >= 4 is 24.0 Å². The van der Waals surface area contributed by atoms with Crippen molar-refractivity contribution in [1.82, 2.24) is 0 Å². The van der Waals surface area contributed by atoms with Crippen LogP contribution in [-0.4, -0.2) is 12.9 Å². The lowest BCUT2D eigenvalue weighted by molar-refractivity contribution is -0.104. The first kappa shape index (κ1) is 10.8. The highest BCUT2D eigenvalue weighted by molar-refractivity contribution is 6.32. The number of aldehydes is 1. The number of hydrogen-bond acceptors (Lipinski definition) is 2. The summed E-state index contributed by atoms with van der Waals surface area (Å²) in [5.74, 6) is 0.641. The minimum atomic E-state index is 0.570. The Kier molecular flexibility index (Phi) is 4.20. The van der Waals surface area contributed by atoms with Gasteiger partial charge in [0.15, 0.2) is 0 Å². The lowest BCUT2D eigenvalue weighted by atomic mass is 10.2. The molecule has 0 heterocycles. The fourth-order valence-electron chi connectivity index (χ4n) is 1.04. The molecule has 0 unspecified atom stereocenters. The normalized spacial score (nSPS) is 10.4. The van der Waals surface area contributed by atoms with Gasteiger partial charge in [0.25, 0.3) is 0 Å². The monoisotopic (exact) mass is 210 g/mol. The molecule has 0 saturated heterocycles. The second-order valence-corrected chi connectivity index (χ2v) is 3.03. The molecule has 0 N–H and O–H groups in total. The molecule has 3 heteroatoms. The maximum atomic E-state index is 10.1. The Hall–Kier alpha value is -1.28. The van der Waals surface area contributed by atoms with E-state index < -0.39 is 0 Å². The van der Waals surface area contributed by atoms with Crippen molar-refractivity contribution in [3.8, 4) is 5.75 Å². The number of carbonyl (C=O) groups is 1. The molecule has 0 fully saturated rings. The maximum Gasteiger partial charge on any atom is 0.142 e. The zero-order chi connectivity index (χ0) is 10.4. The van der Waals surface area contributed by atoms with Gasteiger partial charge in [-0.1, -0.05) is 23.7 Å². The van der Waals surface area contributed by atoms with Gasteiger partial charge >= 0.3 is 0 Å². The molecule has 0 spiro atoms. The summed E-state index contributed by atoms with van der Waals surface area (Å²) in [6.45, 7) is 2.46. The SMILES string of the molecule is CCOc1cc(/C=C/C=O)ccc1Cl. The van der Waals surface area contributed by atoms with Crippen molar-refractivity contribution in [1.29, 1.82) is 0 Å². The number of halogens is 1. The second kappa shape index (κ2) is 5.45. The van der Waals surface area contributed by atoms with E-state index in [9.17, 15) is 4.79 Å². The third-order valence-corrected chi connectivity index (χ3v) is 1.93. The summed E-state index contributed by atoms with van der Waals surface area (Å²) in [7, 11) is 0. The van der Waals surface area contributed by atoms with Gasteiger partial charge in [0, 0.05) is 0 Å². The van der Waals surface area contributed by atoms with Gasteiger partial charge in [0.05, 0.1) is 11.6 Å². The third-order valence-electron chi connectivity index (χ3n) is 1.62. The van der Waals surface area contributed by atoms with Gasteiger partial charge in [-0.05, 0) is 30.7 Å². The first-order valence-electron chi connectivity index (χ1n) is 4.32. The van der Waals surface area contributed by atoms with Crippen molar-refractivity contribution in [2.75, 3.05) is 6.61 Å². The summed E-state index contributed by atoms with van der Waals surface area (Å²) in [4.78, 5) is 10.1. The molecule has 0 atom stereocenters. The van der Waals surface area contributed by atoms with Crippen molar-refractivity contribution in [3.63, 3.8) is 0 Å². The molecule has 1 rings (SSSR count). The van der Waals surface area contributed by atoms with Crippen molar-refractivity contribution in [3.05, 3.63) is 34.9 Å². The van der Waals surface area contributed by atoms with E-state index in [1.54, 1.807) is 18.2 Å². The largest absolute Gasteiger partial charge is 0.492 e. The van der Waals surface area contributed by atoms with Crippen LogP contribution >= 0.6 is 11.6 Å². The van der Waals surface area contributed by atoms with Crippen LogP contribution in [0.5, 0.6) is 5.75 Å². The number of carbonyl (C=O) groups excluding carboxylic acids is 1. The van der Waals surface area contributed by atoms with Crippen LogP contribution in [0.15, 0.2) is 24.3 Å². The highest BCUT2D eigenvalue weighted by Crippen LogP contribution is 2.25. The zero-order valence-electron chi connectivity index (χ0n) is 7.87. The molecule has 0 radical (unpaired) electrons. The molecular formula is C11H11ClO2. The molecule has 0 saturated carbocycles. The van der Waals surface area contributed by atoms with Crippen molar-refractivity contribution in [2.24, 2.45) is 0 Å². The topological polar surface area (TPSA) is 26.3 Å². The van der Waals surface area contributed by atoms with E-state index in [-0.39, 0.29) is 0 Å². The molecule has 1 aromatic rings. The minimum Gasteiger partial charge on any atom is -0.492 e. The van der Waals surface area contributed by atoms with Crippen LogP contribution < -0.4 is 4.74 Å². The summed E-state index contributed by atoms with van der Waals surface area (Å²) in [5.41, 5.74) is 0.893. The molecular weight excluding hydrogens is 200 g/mol. The molecule has 0 aromatic heterocycles. The van der Waals surface area contributed by atoms with Crippen LogP contribution in [-0.2, 0) is 4.79 Å². The van der Waals surface area contributed by atoms with Crippen molar-refractivity contribution in [2.45, 2.75) is 6.92 Å². The van der Waals surface area contributed by atoms with Gasteiger partial charge in [-0.25, -0.2) is 0 Å². The first-order chi connectivity index (χ1) is 6.77. The fourth-order valence-corrected chi connectivity index (χ4v) is 1.21. The zero-order valence-corrected chi connectivity index (χ0v) is 8.62. The Morgan fingerprint density at radius 3 is 2.93 bits per heavy atom. The smallest absolute Gasteiger partial charge is 0.142 e. The van der Waals surface area contributed by atoms with Gasteiger partial charge in [-0.15, -0.1) is 0 Å². The molecule has 0 aliphatic heterocycles. The summed E-state index contributed by atoms with van der Waals surface area (Å²) in [6.07, 6.45) is 3.86. The van der Waals surface area contributed by atoms with E-state index in [0.29, 0.717) is 17.4 Å². The summed E-state index contributed by atoms with van der Waals surface area (Å²) in [6, 6.07) is 5.37. The van der Waals surface area contributed by atoms with Crippen LogP contribution in [0.25, 0.3) is 6.08 Å². The molecule has 0 bridgehead atoms. The number of hydrogen-bond donors (Lipinski definition) is 0. The average molecular weight is 211 g/mol. The highest BCUT2D eigenvalue weighted by Gasteiger charge is 2.00.